The Morgan fingerprint density at radius 2 is 1.96 bits per heavy atom. The van der Waals surface area contributed by atoms with Gasteiger partial charge in [0.25, 0.3) is 0 Å². The summed E-state index contributed by atoms with van der Waals surface area (Å²) in [5, 5.41) is 7.08. The van der Waals surface area contributed by atoms with Crippen LogP contribution in [0.5, 0.6) is 5.75 Å². The van der Waals surface area contributed by atoms with Gasteiger partial charge in [-0.2, -0.15) is 5.10 Å². The maximum atomic E-state index is 12.3. The Morgan fingerprint density at radius 1 is 1.18 bits per heavy atom. The van der Waals surface area contributed by atoms with E-state index in [4.69, 9.17) is 4.74 Å². The fourth-order valence-corrected chi connectivity index (χ4v) is 3.06. The molecular weight excluding hydrogens is 358 g/mol. The van der Waals surface area contributed by atoms with Gasteiger partial charge in [0.2, 0.25) is 5.91 Å². The van der Waals surface area contributed by atoms with Crippen LogP contribution in [0.15, 0.2) is 49.3 Å². The first-order chi connectivity index (χ1) is 13.7. The molecule has 1 N–H and O–H groups in total. The van der Waals surface area contributed by atoms with Gasteiger partial charge in [0, 0.05) is 25.7 Å². The highest BCUT2D eigenvalue weighted by atomic mass is 16.5. The largest absolute Gasteiger partial charge is 0.497 e. The van der Waals surface area contributed by atoms with Crippen molar-refractivity contribution in [3.63, 3.8) is 0 Å². The Morgan fingerprint density at radius 3 is 2.68 bits per heavy atom. The van der Waals surface area contributed by atoms with E-state index < -0.39 is 0 Å². The molecule has 9 nitrogen and oxygen atoms in total. The van der Waals surface area contributed by atoms with Crippen molar-refractivity contribution >= 4 is 11.7 Å². The second-order valence-corrected chi connectivity index (χ2v) is 6.57. The summed E-state index contributed by atoms with van der Waals surface area (Å²) in [6.45, 7) is 1.90. The number of amides is 1. The van der Waals surface area contributed by atoms with Crippen molar-refractivity contribution in [2.24, 2.45) is 5.92 Å². The number of rotatable bonds is 7. The van der Waals surface area contributed by atoms with Crippen molar-refractivity contribution in [1.82, 2.24) is 30.0 Å². The van der Waals surface area contributed by atoms with E-state index in [-0.39, 0.29) is 11.8 Å². The van der Waals surface area contributed by atoms with Crippen LogP contribution in [0.4, 0.5) is 5.82 Å². The number of nitrogens with one attached hydrogen (secondary N) is 1. The summed E-state index contributed by atoms with van der Waals surface area (Å²) in [5.41, 5.74) is 1.16. The molecule has 0 bridgehead atoms. The summed E-state index contributed by atoms with van der Waals surface area (Å²) in [6, 6.07) is 9.72. The number of nitrogens with zero attached hydrogens (tertiary/aromatic N) is 6. The number of benzene rings is 1. The monoisotopic (exact) mass is 379 g/mol. The van der Waals surface area contributed by atoms with Crippen LogP contribution < -0.4 is 15.0 Å². The third kappa shape index (κ3) is 3.93. The molecule has 3 heterocycles. The van der Waals surface area contributed by atoms with Gasteiger partial charge in [-0.1, -0.05) is 12.1 Å². The molecule has 0 saturated carbocycles. The van der Waals surface area contributed by atoms with Crippen LogP contribution in [0.3, 0.4) is 0 Å². The van der Waals surface area contributed by atoms with Crippen molar-refractivity contribution in [2.45, 2.75) is 6.42 Å². The molecule has 4 rings (SSSR count). The first kappa shape index (κ1) is 17.9. The number of anilines is 1. The minimum atomic E-state index is -0.0272. The molecule has 1 amide bonds. The van der Waals surface area contributed by atoms with Gasteiger partial charge < -0.3 is 15.0 Å². The number of methoxy groups -OCH3 is 1. The van der Waals surface area contributed by atoms with E-state index in [0.29, 0.717) is 25.5 Å². The van der Waals surface area contributed by atoms with E-state index in [1.165, 1.54) is 12.7 Å². The minimum Gasteiger partial charge on any atom is -0.497 e. The van der Waals surface area contributed by atoms with E-state index >= 15 is 0 Å². The van der Waals surface area contributed by atoms with Gasteiger partial charge in [0.05, 0.1) is 13.0 Å². The van der Waals surface area contributed by atoms with Gasteiger partial charge in [-0.25, -0.2) is 19.6 Å². The van der Waals surface area contributed by atoms with E-state index in [1.807, 2.05) is 30.3 Å². The summed E-state index contributed by atoms with van der Waals surface area (Å²) in [4.78, 5) is 26.8. The first-order valence-electron chi connectivity index (χ1n) is 9.05. The van der Waals surface area contributed by atoms with Crippen molar-refractivity contribution in [1.29, 1.82) is 0 Å². The molecule has 9 heteroatoms. The fourth-order valence-electron chi connectivity index (χ4n) is 3.06. The van der Waals surface area contributed by atoms with Crippen LogP contribution in [0, 0.1) is 5.92 Å². The van der Waals surface area contributed by atoms with Gasteiger partial charge >= 0.3 is 0 Å². The standard InChI is InChI=1S/C19H21N7O2/c1-28-16-4-2-14(3-5-16)6-7-21-19(27)15-9-25(10-15)17-8-18(23-12-22-17)26-13-20-11-24-26/h2-5,8,11-13,15H,6-7,9-10H2,1H3,(H,21,27). The molecule has 1 aliphatic rings. The summed E-state index contributed by atoms with van der Waals surface area (Å²) in [6.07, 6.45) is 5.33. The lowest BCUT2D eigenvalue weighted by Gasteiger charge is -2.39. The summed E-state index contributed by atoms with van der Waals surface area (Å²) >= 11 is 0. The normalized spacial score (nSPS) is 13.8. The van der Waals surface area contributed by atoms with Gasteiger partial charge in [0.1, 0.15) is 30.5 Å². The molecule has 0 atom stereocenters. The lowest BCUT2D eigenvalue weighted by atomic mass is 9.99. The van der Waals surface area contributed by atoms with Crippen molar-refractivity contribution in [3.8, 4) is 11.6 Å². The van der Waals surface area contributed by atoms with Crippen molar-refractivity contribution < 1.29 is 9.53 Å². The number of hydrogen-bond donors (Lipinski definition) is 1. The topological polar surface area (TPSA) is 98.1 Å². The van der Waals surface area contributed by atoms with Crippen LogP contribution in [0.2, 0.25) is 0 Å². The molecule has 28 heavy (non-hydrogen) atoms. The molecule has 3 aromatic rings. The van der Waals surface area contributed by atoms with E-state index in [0.717, 1.165) is 23.6 Å². The zero-order chi connectivity index (χ0) is 19.3. The molecule has 0 aliphatic carbocycles. The second kappa shape index (κ2) is 8.03. The maximum absolute atomic E-state index is 12.3. The molecule has 1 fully saturated rings. The maximum Gasteiger partial charge on any atom is 0.226 e. The average molecular weight is 379 g/mol. The quantitative estimate of drug-likeness (QED) is 0.650. The zero-order valence-electron chi connectivity index (χ0n) is 15.5. The molecule has 0 radical (unpaired) electrons. The Kier molecular flexibility index (Phi) is 5.14. The molecular formula is C19H21N7O2. The highest BCUT2D eigenvalue weighted by molar-refractivity contribution is 5.81. The lowest BCUT2D eigenvalue weighted by Crippen LogP contribution is -2.54. The molecule has 144 valence electrons. The minimum absolute atomic E-state index is 0.0272. The van der Waals surface area contributed by atoms with Crippen LogP contribution >= 0.6 is 0 Å². The molecule has 1 aliphatic heterocycles. The third-order valence-electron chi connectivity index (χ3n) is 4.74. The summed E-state index contributed by atoms with van der Waals surface area (Å²) in [5.74, 6) is 2.31. The number of aromatic nitrogens is 5. The number of carbonyl (C=O) groups excluding carboxylic acids is 1. The molecule has 2 aromatic heterocycles. The predicted molar refractivity (Wildman–Crippen MR) is 102 cm³/mol. The van der Waals surface area contributed by atoms with Crippen LogP contribution in [-0.4, -0.2) is 57.4 Å². The van der Waals surface area contributed by atoms with Crippen molar-refractivity contribution in [2.75, 3.05) is 31.6 Å². The molecule has 0 unspecified atom stereocenters. The average Bonchev–Trinajstić information content (AvgIpc) is 3.23. The zero-order valence-corrected chi connectivity index (χ0v) is 15.5. The Bertz CT molecular complexity index is 922. The number of carbonyl (C=O) groups is 1. The van der Waals surface area contributed by atoms with Crippen LogP contribution in [0.25, 0.3) is 5.82 Å². The van der Waals surface area contributed by atoms with Crippen LogP contribution in [0.1, 0.15) is 5.56 Å². The van der Waals surface area contributed by atoms with E-state index in [1.54, 1.807) is 18.1 Å². The van der Waals surface area contributed by atoms with E-state index in [2.05, 4.69) is 30.3 Å². The molecule has 1 saturated heterocycles. The summed E-state index contributed by atoms with van der Waals surface area (Å²) < 4.78 is 6.73. The Balaban J connectivity index is 1.24. The smallest absolute Gasteiger partial charge is 0.226 e. The number of ether oxygens (including phenoxy) is 1. The molecule has 0 spiro atoms. The van der Waals surface area contributed by atoms with Crippen molar-refractivity contribution in [3.05, 3.63) is 54.9 Å². The highest BCUT2D eigenvalue weighted by Gasteiger charge is 2.33. The van der Waals surface area contributed by atoms with E-state index in [9.17, 15) is 4.79 Å². The van der Waals surface area contributed by atoms with Gasteiger partial charge in [-0.05, 0) is 24.1 Å². The molecule has 1 aromatic carbocycles. The van der Waals surface area contributed by atoms with Gasteiger partial charge in [0.15, 0.2) is 5.82 Å². The SMILES string of the molecule is COc1ccc(CCNC(=O)C2CN(c3cc(-n4cncn4)ncn3)C2)cc1. The first-order valence-corrected chi connectivity index (χ1v) is 9.05. The van der Waals surface area contributed by atoms with Gasteiger partial charge in [-0.15, -0.1) is 0 Å². The predicted octanol–water partition coefficient (Wildman–Crippen LogP) is 0.861. The van der Waals surface area contributed by atoms with Gasteiger partial charge in [-0.3, -0.25) is 4.79 Å². The Labute approximate surface area is 162 Å². The lowest BCUT2D eigenvalue weighted by molar-refractivity contribution is -0.125. The Hall–Kier alpha value is -3.49. The third-order valence-corrected chi connectivity index (χ3v) is 4.74. The summed E-state index contributed by atoms with van der Waals surface area (Å²) in [7, 11) is 1.65. The highest BCUT2D eigenvalue weighted by Crippen LogP contribution is 2.23. The van der Waals surface area contributed by atoms with Crippen LogP contribution in [-0.2, 0) is 11.2 Å². The fraction of sp³-hybridized carbons (Fsp3) is 0.316. The second-order valence-electron chi connectivity index (χ2n) is 6.57. The number of hydrogen-bond acceptors (Lipinski definition) is 7.